The Balaban J connectivity index is 0.000000249. The molecule has 2 atom stereocenters. The summed E-state index contributed by atoms with van der Waals surface area (Å²) in [6.45, 7) is 0. The fourth-order valence-corrected chi connectivity index (χ4v) is 4.97. The van der Waals surface area contributed by atoms with Gasteiger partial charge in [0.05, 0.1) is 5.25 Å². The number of fused-ring (bicyclic) bond motifs is 1. The van der Waals surface area contributed by atoms with Crippen LogP contribution in [0.4, 0.5) is 0 Å². The molecule has 1 saturated heterocycles. The summed E-state index contributed by atoms with van der Waals surface area (Å²) in [4.78, 5) is -0.440. The van der Waals surface area contributed by atoms with E-state index in [1.165, 1.54) is 17.2 Å². The maximum Gasteiger partial charge on any atom is 0.272 e. The third-order valence-electron chi connectivity index (χ3n) is 2.38. The number of aliphatic hydroxyl groups is 1. The predicted molar refractivity (Wildman–Crippen MR) is 54.9 cm³/mol. The molecule has 2 aliphatic rings. The van der Waals surface area contributed by atoms with Crippen molar-refractivity contribution in [3.63, 3.8) is 0 Å². The van der Waals surface area contributed by atoms with Gasteiger partial charge in [0.15, 0.2) is 0 Å². The van der Waals surface area contributed by atoms with Crippen molar-refractivity contribution in [2.75, 3.05) is 14.1 Å². The van der Waals surface area contributed by atoms with Gasteiger partial charge in [0.1, 0.15) is 19.0 Å². The first-order valence-corrected chi connectivity index (χ1v) is 7.79. The van der Waals surface area contributed by atoms with Crippen LogP contribution in [0.5, 0.6) is 0 Å². The summed E-state index contributed by atoms with van der Waals surface area (Å²) >= 11 is 3.50. The number of rotatable bonds is 0. The van der Waals surface area contributed by atoms with E-state index in [0.717, 1.165) is 6.42 Å². The molecule has 1 N–H and O–H groups in total. The molecular formula is C8H14ClNO5S2. The van der Waals surface area contributed by atoms with E-state index in [4.69, 9.17) is 18.6 Å². The van der Waals surface area contributed by atoms with E-state index < -0.39 is 15.2 Å². The number of hydrogen-bond acceptors (Lipinski definition) is 7. The quantitative estimate of drug-likeness (QED) is 0.463. The summed E-state index contributed by atoms with van der Waals surface area (Å²) < 4.78 is 37.3. The molecule has 0 bridgehead atoms. The first-order chi connectivity index (χ1) is 7.62. The average Bonchev–Trinajstić information content (AvgIpc) is 2.55. The maximum absolute atomic E-state index is 10.1. The molecule has 100 valence electrons. The zero-order chi connectivity index (χ0) is 13.3. The lowest BCUT2D eigenvalue weighted by Gasteiger charge is -2.17. The summed E-state index contributed by atoms with van der Waals surface area (Å²) in [7, 11) is -0.862. The van der Waals surface area contributed by atoms with E-state index in [9.17, 15) is 5.11 Å². The molecular weight excluding hydrogens is 290 g/mol. The van der Waals surface area contributed by atoms with E-state index in [0.29, 0.717) is 5.25 Å². The lowest BCUT2D eigenvalue weighted by Crippen LogP contribution is -2.68. The van der Waals surface area contributed by atoms with Crippen LogP contribution in [0.3, 0.4) is 0 Å². The highest BCUT2D eigenvalue weighted by Crippen LogP contribution is 2.54. The van der Waals surface area contributed by atoms with Crippen molar-refractivity contribution in [3.8, 4) is 0 Å². The molecule has 0 spiro atoms. The third-order valence-corrected chi connectivity index (χ3v) is 5.92. The number of thioether (sulfide) groups is 2. The Kier molecular flexibility index (Phi) is 5.13. The van der Waals surface area contributed by atoms with Gasteiger partial charge in [-0.15, -0.1) is 10.2 Å². The van der Waals surface area contributed by atoms with Crippen LogP contribution in [0.25, 0.3) is 0 Å². The first kappa shape index (κ1) is 15.5. The van der Waals surface area contributed by atoms with Gasteiger partial charge in [-0.3, -0.25) is 0 Å². The van der Waals surface area contributed by atoms with Crippen molar-refractivity contribution >= 4 is 27.9 Å². The van der Waals surface area contributed by atoms with Gasteiger partial charge < -0.3 is 5.11 Å². The summed E-state index contributed by atoms with van der Waals surface area (Å²) in [5.41, 5.74) is 0. The molecule has 2 rings (SSSR count). The van der Waals surface area contributed by atoms with Crippen molar-refractivity contribution in [1.29, 1.82) is 0 Å². The number of nitrogens with zero attached hydrogens (tertiary/aromatic N) is 1. The third kappa shape index (κ3) is 4.92. The van der Waals surface area contributed by atoms with E-state index in [2.05, 4.69) is 4.58 Å². The van der Waals surface area contributed by atoms with E-state index >= 15 is 0 Å². The standard InChI is InChI=1S/C8H14NOS2.ClHO4/c1-9(2)7-11-6-4-3-5-8(6,10)12-7;2-1(3,4)5/h6,10H,3-5H2,1-2H3;(H,2,3,4,5)/q+1;/p-1. The summed E-state index contributed by atoms with van der Waals surface area (Å²) in [5.74, 6) is 0. The monoisotopic (exact) mass is 303 g/mol. The Morgan fingerprint density at radius 3 is 2.29 bits per heavy atom. The van der Waals surface area contributed by atoms with Crippen LogP contribution in [-0.2, 0) is 0 Å². The lowest BCUT2D eigenvalue weighted by atomic mass is 10.3. The second-order valence-corrected chi connectivity index (χ2v) is 7.49. The topological polar surface area (TPSA) is 115 Å². The smallest absolute Gasteiger partial charge is 0.272 e. The molecule has 0 aromatic carbocycles. The van der Waals surface area contributed by atoms with Crippen LogP contribution >= 0.6 is 23.5 Å². The maximum atomic E-state index is 10.1. The lowest BCUT2D eigenvalue weighted by molar-refractivity contribution is -2.00. The van der Waals surface area contributed by atoms with Crippen molar-refractivity contribution in [1.82, 2.24) is 0 Å². The fourth-order valence-electron chi connectivity index (χ4n) is 1.69. The molecule has 2 fully saturated rings. The Morgan fingerprint density at radius 2 is 1.88 bits per heavy atom. The largest absolute Gasteiger partial charge is 0.378 e. The SMILES string of the molecule is C[N+](C)=C1SC2CCCC2(O)S1.[O-][Cl+3]([O-])([O-])[O-]. The van der Waals surface area contributed by atoms with Crippen molar-refractivity contribution in [2.24, 2.45) is 0 Å². The zero-order valence-corrected chi connectivity index (χ0v) is 11.8. The molecule has 0 radical (unpaired) electrons. The van der Waals surface area contributed by atoms with Crippen molar-refractivity contribution in [3.05, 3.63) is 0 Å². The van der Waals surface area contributed by atoms with Gasteiger partial charge >= 0.3 is 0 Å². The second-order valence-electron chi connectivity index (χ2n) is 3.98. The highest BCUT2D eigenvalue weighted by atomic mass is 35.7. The molecule has 0 aromatic rings. The highest BCUT2D eigenvalue weighted by molar-refractivity contribution is 8.42. The van der Waals surface area contributed by atoms with Crippen molar-refractivity contribution < 1.29 is 38.6 Å². The molecule has 17 heavy (non-hydrogen) atoms. The Bertz CT molecular complexity index is 312. The first-order valence-electron chi connectivity index (χ1n) is 4.86. The summed E-state index contributed by atoms with van der Waals surface area (Å²) in [5, 5.41) is 10.6. The molecule has 1 aliphatic carbocycles. The minimum atomic E-state index is -4.94. The van der Waals surface area contributed by atoms with Crippen LogP contribution in [0.2, 0.25) is 0 Å². The Morgan fingerprint density at radius 1 is 1.35 bits per heavy atom. The van der Waals surface area contributed by atoms with Gasteiger partial charge in [-0.2, -0.15) is 0 Å². The molecule has 2 unspecified atom stereocenters. The Hall–Kier alpha value is 0.460. The average molecular weight is 304 g/mol. The second kappa shape index (κ2) is 5.62. The number of halogens is 1. The minimum Gasteiger partial charge on any atom is -0.378 e. The molecule has 9 heteroatoms. The molecule has 0 aromatic heterocycles. The summed E-state index contributed by atoms with van der Waals surface area (Å²) in [6.07, 6.45) is 3.32. The predicted octanol–water partition coefficient (Wildman–Crippen LogP) is -3.42. The van der Waals surface area contributed by atoms with Gasteiger partial charge in [-0.1, -0.05) is 0 Å². The summed E-state index contributed by atoms with van der Waals surface area (Å²) in [6, 6.07) is 0. The van der Waals surface area contributed by atoms with Crippen LogP contribution < -0.4 is 18.6 Å². The van der Waals surface area contributed by atoms with E-state index in [1.54, 1.807) is 11.8 Å². The van der Waals surface area contributed by atoms with Gasteiger partial charge in [-0.25, -0.2) is 23.2 Å². The zero-order valence-electron chi connectivity index (χ0n) is 9.42. The van der Waals surface area contributed by atoms with Crippen LogP contribution in [0, 0.1) is 10.2 Å². The molecule has 1 heterocycles. The fraction of sp³-hybridized carbons (Fsp3) is 0.875. The molecule has 6 nitrogen and oxygen atoms in total. The van der Waals surface area contributed by atoms with Crippen molar-refractivity contribution in [2.45, 2.75) is 29.4 Å². The van der Waals surface area contributed by atoms with Gasteiger partial charge in [-0.05, 0) is 42.8 Å². The van der Waals surface area contributed by atoms with Crippen LogP contribution in [0.15, 0.2) is 0 Å². The minimum absolute atomic E-state index is 0.440. The van der Waals surface area contributed by atoms with Crippen LogP contribution in [-0.4, -0.2) is 38.3 Å². The van der Waals surface area contributed by atoms with Crippen LogP contribution in [0.1, 0.15) is 19.3 Å². The van der Waals surface area contributed by atoms with Gasteiger partial charge in [0, 0.05) is 0 Å². The normalized spacial score (nSPS) is 31.9. The number of hydrogen-bond donors (Lipinski definition) is 1. The van der Waals surface area contributed by atoms with Gasteiger partial charge in [0.25, 0.3) is 4.38 Å². The van der Waals surface area contributed by atoms with Gasteiger partial charge in [0.2, 0.25) is 0 Å². The van der Waals surface area contributed by atoms with E-state index in [-0.39, 0.29) is 0 Å². The molecule has 1 saturated carbocycles. The highest BCUT2D eigenvalue weighted by Gasteiger charge is 2.52. The Labute approximate surface area is 110 Å². The van der Waals surface area contributed by atoms with E-state index in [1.807, 2.05) is 25.9 Å². The molecule has 1 aliphatic heterocycles. The molecule has 0 amide bonds.